The maximum absolute atomic E-state index is 12.6. The lowest BCUT2D eigenvalue weighted by atomic mass is 9.99. The number of nitrogens with one attached hydrogen (secondary N) is 1. The molecule has 1 aliphatic heterocycles. The van der Waals surface area contributed by atoms with Crippen molar-refractivity contribution in [3.63, 3.8) is 0 Å². The zero-order valence-electron chi connectivity index (χ0n) is 23.6. The quantitative estimate of drug-likeness (QED) is 0.237. The second-order valence-electron chi connectivity index (χ2n) is 11.1. The first-order valence-corrected chi connectivity index (χ1v) is 14.0. The third-order valence-electron chi connectivity index (χ3n) is 6.52. The number of amides is 1. The van der Waals surface area contributed by atoms with E-state index in [9.17, 15) is 4.79 Å². The van der Waals surface area contributed by atoms with Crippen LogP contribution in [0.1, 0.15) is 45.1 Å². The van der Waals surface area contributed by atoms with E-state index in [1.54, 1.807) is 17.0 Å². The van der Waals surface area contributed by atoms with E-state index in [1.807, 2.05) is 58.0 Å². The summed E-state index contributed by atoms with van der Waals surface area (Å²) in [5.41, 5.74) is 1.63. The van der Waals surface area contributed by atoms with Gasteiger partial charge < -0.3 is 29.0 Å². The zero-order chi connectivity index (χ0) is 29.0. The number of benzene rings is 2. The Balaban J connectivity index is 1.27. The van der Waals surface area contributed by atoms with E-state index in [4.69, 9.17) is 30.3 Å². The van der Waals surface area contributed by atoms with Crippen LogP contribution in [-0.2, 0) is 11.3 Å². The number of nitrogens with zero attached hydrogens (tertiary/aromatic N) is 4. The predicted octanol–water partition coefficient (Wildman–Crippen LogP) is 6.93. The lowest BCUT2D eigenvalue weighted by Crippen LogP contribution is -2.44. The first-order valence-electron chi connectivity index (χ1n) is 13.6. The number of piperidine rings is 1. The largest absolute Gasteiger partial charge is 0.492 e. The van der Waals surface area contributed by atoms with Gasteiger partial charge in [-0.2, -0.15) is 0 Å². The number of rotatable bonds is 8. The van der Waals surface area contributed by atoms with Crippen LogP contribution >= 0.6 is 11.6 Å². The molecule has 3 heterocycles. The number of carbonyl (C=O) groups excluding carboxylic acids is 1. The molecule has 5 rings (SSSR count). The van der Waals surface area contributed by atoms with E-state index in [2.05, 4.69) is 20.4 Å². The molecule has 2 aromatic carbocycles. The van der Waals surface area contributed by atoms with Crippen molar-refractivity contribution in [2.75, 3.05) is 25.0 Å². The van der Waals surface area contributed by atoms with E-state index >= 15 is 0 Å². The number of ether oxygens (including phenoxy) is 3. The minimum Gasteiger partial charge on any atom is -0.492 e. The molecule has 1 N–H and O–H groups in total. The smallest absolute Gasteiger partial charge is 0.410 e. The Kier molecular flexibility index (Phi) is 8.49. The Bertz CT molecular complexity index is 1510. The highest BCUT2D eigenvalue weighted by atomic mass is 35.5. The van der Waals surface area contributed by atoms with Crippen molar-refractivity contribution in [2.24, 2.45) is 5.92 Å². The molecule has 2 aromatic heterocycles. The minimum atomic E-state index is -0.526. The number of aromatic nitrogens is 3. The molecule has 0 aliphatic carbocycles. The first kappa shape index (κ1) is 28.5. The van der Waals surface area contributed by atoms with Gasteiger partial charge in [0.1, 0.15) is 47.3 Å². The Morgan fingerprint density at radius 1 is 1.15 bits per heavy atom. The highest BCUT2D eigenvalue weighted by molar-refractivity contribution is 6.32. The maximum Gasteiger partial charge on any atom is 0.410 e. The van der Waals surface area contributed by atoms with Crippen molar-refractivity contribution in [3.05, 3.63) is 65.3 Å². The highest BCUT2D eigenvalue weighted by Crippen LogP contribution is 2.34. The summed E-state index contributed by atoms with van der Waals surface area (Å²) in [5.74, 6) is 2.68. The van der Waals surface area contributed by atoms with Gasteiger partial charge in [0, 0.05) is 30.8 Å². The van der Waals surface area contributed by atoms with Crippen LogP contribution in [0, 0.1) is 12.8 Å². The molecular formula is C30H34ClN5O5. The van der Waals surface area contributed by atoms with Crippen LogP contribution in [0.15, 0.2) is 53.3 Å². The summed E-state index contributed by atoms with van der Waals surface area (Å²) in [7, 11) is 0. The zero-order valence-corrected chi connectivity index (χ0v) is 24.4. The number of hydrogen-bond acceptors (Lipinski definition) is 9. The standard InChI is InChI=1S/C30H34ClN5O5/c1-19-13-22(35-41-19)17-39-25-11-10-21(14-23(25)31)34-28-27-24(32-18-33-28)8-5-9-26(27)38-16-20-7-6-12-36(15-20)29(37)40-30(2,3)4/h5,8-11,13-14,18,20H,6-7,12,15-17H2,1-4H3,(H,32,33,34)/t20-/m1/s1. The molecule has 1 atom stereocenters. The van der Waals surface area contributed by atoms with Gasteiger partial charge in [-0.3, -0.25) is 0 Å². The van der Waals surface area contributed by atoms with Gasteiger partial charge in [0.15, 0.2) is 0 Å². The van der Waals surface area contributed by atoms with Gasteiger partial charge in [0.2, 0.25) is 0 Å². The SMILES string of the molecule is Cc1cc(COc2ccc(Nc3ncnc4cccc(OC[C@@H]5CCCN(C(=O)OC(C)(C)C)C5)c34)cc2Cl)no1. The van der Waals surface area contributed by atoms with E-state index in [1.165, 1.54) is 6.33 Å². The fraction of sp³-hybridized carbons (Fsp3) is 0.400. The van der Waals surface area contributed by atoms with Crippen molar-refractivity contribution in [3.8, 4) is 11.5 Å². The van der Waals surface area contributed by atoms with Gasteiger partial charge in [0.25, 0.3) is 0 Å². The van der Waals surface area contributed by atoms with Crippen LogP contribution in [0.5, 0.6) is 11.5 Å². The average Bonchev–Trinajstić information content (AvgIpc) is 3.35. The Labute approximate surface area is 243 Å². The highest BCUT2D eigenvalue weighted by Gasteiger charge is 2.28. The molecule has 41 heavy (non-hydrogen) atoms. The number of aryl methyl sites for hydroxylation is 1. The molecule has 1 aliphatic rings. The molecule has 0 saturated carbocycles. The summed E-state index contributed by atoms with van der Waals surface area (Å²) >= 11 is 6.52. The van der Waals surface area contributed by atoms with Gasteiger partial charge >= 0.3 is 6.09 Å². The summed E-state index contributed by atoms with van der Waals surface area (Å²) < 4.78 is 22.8. The number of anilines is 2. The van der Waals surface area contributed by atoms with E-state index < -0.39 is 5.60 Å². The van der Waals surface area contributed by atoms with Gasteiger partial charge in [0.05, 0.1) is 22.5 Å². The van der Waals surface area contributed by atoms with Crippen molar-refractivity contribution >= 4 is 40.1 Å². The fourth-order valence-electron chi connectivity index (χ4n) is 4.66. The van der Waals surface area contributed by atoms with Crippen LogP contribution in [0.4, 0.5) is 16.3 Å². The molecule has 1 fully saturated rings. The van der Waals surface area contributed by atoms with Gasteiger partial charge in [-0.15, -0.1) is 0 Å². The molecule has 216 valence electrons. The van der Waals surface area contributed by atoms with E-state index in [0.29, 0.717) is 47.7 Å². The van der Waals surface area contributed by atoms with Crippen molar-refractivity contribution in [1.82, 2.24) is 20.0 Å². The normalized spacial score (nSPS) is 15.5. The molecule has 0 unspecified atom stereocenters. The third kappa shape index (κ3) is 7.38. The second kappa shape index (κ2) is 12.2. The molecule has 1 saturated heterocycles. The van der Waals surface area contributed by atoms with Crippen LogP contribution in [-0.4, -0.2) is 51.4 Å². The number of fused-ring (bicyclic) bond motifs is 1. The third-order valence-corrected chi connectivity index (χ3v) is 6.81. The molecule has 1 amide bonds. The number of carbonyl (C=O) groups is 1. The topological polar surface area (TPSA) is 112 Å². The lowest BCUT2D eigenvalue weighted by Gasteiger charge is -2.34. The van der Waals surface area contributed by atoms with Crippen molar-refractivity contribution in [2.45, 2.75) is 52.7 Å². The summed E-state index contributed by atoms with van der Waals surface area (Å²) in [6.07, 6.45) is 3.09. The van der Waals surface area contributed by atoms with Crippen LogP contribution in [0.25, 0.3) is 10.9 Å². The monoisotopic (exact) mass is 579 g/mol. The summed E-state index contributed by atoms with van der Waals surface area (Å²) in [6.45, 7) is 9.43. The molecule has 0 bridgehead atoms. The van der Waals surface area contributed by atoms with Crippen LogP contribution < -0.4 is 14.8 Å². The first-order chi connectivity index (χ1) is 19.6. The number of likely N-dealkylation sites (tertiary alicyclic amines) is 1. The van der Waals surface area contributed by atoms with Gasteiger partial charge in [-0.05, 0) is 70.9 Å². The molecule has 0 radical (unpaired) electrons. The van der Waals surface area contributed by atoms with Gasteiger partial charge in [-0.25, -0.2) is 14.8 Å². The van der Waals surface area contributed by atoms with Crippen molar-refractivity contribution < 1.29 is 23.5 Å². The lowest BCUT2D eigenvalue weighted by molar-refractivity contribution is 0.0139. The van der Waals surface area contributed by atoms with Gasteiger partial charge in [-0.1, -0.05) is 22.8 Å². The second-order valence-corrected chi connectivity index (χ2v) is 11.5. The van der Waals surface area contributed by atoms with E-state index in [0.717, 1.165) is 35.2 Å². The number of hydrogen-bond donors (Lipinski definition) is 1. The molecule has 11 heteroatoms. The van der Waals surface area contributed by atoms with Crippen LogP contribution in [0.2, 0.25) is 5.02 Å². The van der Waals surface area contributed by atoms with E-state index in [-0.39, 0.29) is 18.6 Å². The fourth-order valence-corrected chi connectivity index (χ4v) is 4.90. The predicted molar refractivity (Wildman–Crippen MR) is 156 cm³/mol. The summed E-state index contributed by atoms with van der Waals surface area (Å²) in [6, 6.07) is 13.0. The summed E-state index contributed by atoms with van der Waals surface area (Å²) in [5, 5.41) is 8.48. The Morgan fingerprint density at radius 2 is 2.00 bits per heavy atom. The van der Waals surface area contributed by atoms with Crippen LogP contribution in [0.3, 0.4) is 0 Å². The molecular weight excluding hydrogens is 546 g/mol. The average molecular weight is 580 g/mol. The summed E-state index contributed by atoms with van der Waals surface area (Å²) in [4.78, 5) is 23.3. The minimum absolute atomic E-state index is 0.181. The van der Waals surface area contributed by atoms with Crippen molar-refractivity contribution in [1.29, 1.82) is 0 Å². The maximum atomic E-state index is 12.6. The molecule has 0 spiro atoms. The Morgan fingerprint density at radius 3 is 2.76 bits per heavy atom. The molecule has 10 nitrogen and oxygen atoms in total. The number of halogens is 1. The Hall–Kier alpha value is -4.05. The molecule has 4 aromatic rings.